The summed E-state index contributed by atoms with van der Waals surface area (Å²) in [4.78, 5) is 21.4. The summed E-state index contributed by atoms with van der Waals surface area (Å²) in [5.41, 5.74) is 8.18. The van der Waals surface area contributed by atoms with Crippen LogP contribution in [0.15, 0.2) is 77.5 Å². The lowest BCUT2D eigenvalue weighted by Gasteiger charge is -2.19. The van der Waals surface area contributed by atoms with Crippen LogP contribution < -0.4 is 16.4 Å². The Bertz CT molecular complexity index is 1690. The third-order valence-corrected chi connectivity index (χ3v) is 6.94. The van der Waals surface area contributed by atoms with Gasteiger partial charge in [-0.2, -0.15) is 18.3 Å². The van der Waals surface area contributed by atoms with Crippen molar-refractivity contribution in [2.45, 2.75) is 18.8 Å². The van der Waals surface area contributed by atoms with E-state index in [2.05, 4.69) is 46.7 Å². The molecule has 0 saturated carbocycles. The summed E-state index contributed by atoms with van der Waals surface area (Å²) >= 11 is 3.32. The number of rotatable bonds is 8. The Morgan fingerprint density at radius 1 is 1.02 bits per heavy atom. The van der Waals surface area contributed by atoms with Crippen molar-refractivity contribution >= 4 is 44.5 Å². The second-order valence-corrected chi connectivity index (χ2v) is 10.1. The predicted molar refractivity (Wildman–Crippen MR) is 152 cm³/mol. The van der Waals surface area contributed by atoms with Crippen molar-refractivity contribution in [1.29, 1.82) is 0 Å². The van der Waals surface area contributed by atoms with Crippen LogP contribution in [-0.4, -0.2) is 37.8 Å². The summed E-state index contributed by atoms with van der Waals surface area (Å²) in [5.74, 6) is -0.497. The van der Waals surface area contributed by atoms with Crippen LogP contribution in [0, 0.1) is 0 Å². The summed E-state index contributed by atoms with van der Waals surface area (Å²) < 4.78 is 41.2. The number of halogens is 4. The molecule has 0 unspecified atom stereocenters. The molecule has 0 spiro atoms. The number of benzene rings is 2. The number of aliphatic hydroxyl groups is 1. The number of aromatic nitrogens is 4. The standard InChI is InChI=1S/C28H23BrF3N7O2/c29-20-7-5-17(6-8-20)23(14-40)37-27(41)22-10-19(28(30,31)32)13-36-25(22)34-11-15-1-3-16(4-2-15)18-9-21-24(33)38-39-26(21)35-12-18/h1-10,12-13,23,40H,11,14H2,(H,34,36)(H,37,41)(H3,33,35,38,39)/t23-/m0/s1. The highest BCUT2D eigenvalue weighted by atomic mass is 79.9. The summed E-state index contributed by atoms with van der Waals surface area (Å²) in [7, 11) is 0. The van der Waals surface area contributed by atoms with E-state index >= 15 is 0 Å². The van der Waals surface area contributed by atoms with E-state index < -0.39 is 30.3 Å². The minimum atomic E-state index is -4.70. The topological polar surface area (TPSA) is 142 Å². The van der Waals surface area contributed by atoms with Gasteiger partial charge in [-0.1, -0.05) is 52.3 Å². The molecule has 41 heavy (non-hydrogen) atoms. The fraction of sp³-hybridized carbons (Fsp3) is 0.143. The van der Waals surface area contributed by atoms with Crippen molar-refractivity contribution in [3.05, 3.63) is 99.8 Å². The first-order valence-electron chi connectivity index (χ1n) is 12.3. The number of fused-ring (bicyclic) bond motifs is 1. The molecule has 0 fully saturated rings. The molecule has 1 atom stereocenters. The molecule has 1 amide bonds. The number of aromatic amines is 1. The molecular formula is C28H23BrF3N7O2. The van der Waals surface area contributed by atoms with E-state index in [4.69, 9.17) is 5.73 Å². The molecule has 210 valence electrons. The normalized spacial score (nSPS) is 12.3. The summed E-state index contributed by atoms with van der Waals surface area (Å²) in [6.45, 7) is -0.272. The Hall–Kier alpha value is -4.49. The average molecular weight is 626 g/mol. The van der Waals surface area contributed by atoms with Crippen LogP contribution in [0.3, 0.4) is 0 Å². The number of alkyl halides is 3. The Balaban J connectivity index is 1.35. The molecule has 2 aromatic carbocycles. The molecule has 0 aliphatic heterocycles. The SMILES string of the molecule is Nc1n[nH]c2ncc(-c3ccc(CNc4ncc(C(F)(F)F)cc4C(=O)N[C@@H](CO)c4ccc(Br)cc4)cc3)cc12. The van der Waals surface area contributed by atoms with Crippen molar-refractivity contribution < 1.29 is 23.1 Å². The lowest BCUT2D eigenvalue weighted by Crippen LogP contribution is -2.31. The number of amides is 1. The van der Waals surface area contributed by atoms with Crippen LogP contribution in [-0.2, 0) is 12.7 Å². The molecule has 0 aliphatic carbocycles. The van der Waals surface area contributed by atoms with Gasteiger partial charge in [-0.25, -0.2) is 9.97 Å². The summed E-state index contributed by atoms with van der Waals surface area (Å²) in [6, 6.07) is 16.0. The number of anilines is 2. The number of pyridine rings is 2. The number of nitrogens with two attached hydrogens (primary N) is 1. The van der Waals surface area contributed by atoms with Crippen molar-refractivity contribution in [2.75, 3.05) is 17.7 Å². The molecule has 0 saturated heterocycles. The number of nitrogen functional groups attached to an aromatic ring is 1. The molecule has 0 bridgehead atoms. The first kappa shape index (κ1) is 28.1. The largest absolute Gasteiger partial charge is 0.417 e. The molecule has 3 aromatic heterocycles. The Labute approximate surface area is 240 Å². The van der Waals surface area contributed by atoms with Gasteiger partial charge in [0.05, 0.1) is 29.2 Å². The highest BCUT2D eigenvalue weighted by Gasteiger charge is 2.33. The quantitative estimate of drug-likeness (QED) is 0.154. The third kappa shape index (κ3) is 6.31. The van der Waals surface area contributed by atoms with E-state index in [9.17, 15) is 23.1 Å². The maximum Gasteiger partial charge on any atom is 0.417 e. The average Bonchev–Trinajstić information content (AvgIpc) is 3.34. The van der Waals surface area contributed by atoms with Crippen LogP contribution >= 0.6 is 15.9 Å². The van der Waals surface area contributed by atoms with Gasteiger partial charge in [-0.3, -0.25) is 9.89 Å². The molecule has 13 heteroatoms. The van der Waals surface area contributed by atoms with Gasteiger partial charge >= 0.3 is 6.18 Å². The second-order valence-electron chi connectivity index (χ2n) is 9.16. The lowest BCUT2D eigenvalue weighted by molar-refractivity contribution is -0.137. The van der Waals surface area contributed by atoms with Crippen molar-refractivity contribution in [2.24, 2.45) is 0 Å². The Morgan fingerprint density at radius 2 is 1.76 bits per heavy atom. The maximum atomic E-state index is 13.5. The molecule has 0 radical (unpaired) electrons. The molecule has 6 N–H and O–H groups in total. The van der Waals surface area contributed by atoms with Crippen LogP contribution in [0.4, 0.5) is 24.8 Å². The van der Waals surface area contributed by atoms with E-state index in [1.165, 1.54) is 0 Å². The van der Waals surface area contributed by atoms with Crippen LogP contribution in [0.1, 0.15) is 33.1 Å². The van der Waals surface area contributed by atoms with Gasteiger partial charge in [0.25, 0.3) is 5.91 Å². The summed E-state index contributed by atoms with van der Waals surface area (Å²) in [5, 5.41) is 22.8. The zero-order chi connectivity index (χ0) is 29.1. The highest BCUT2D eigenvalue weighted by Crippen LogP contribution is 2.31. The molecule has 0 aliphatic rings. The number of nitrogens with one attached hydrogen (secondary N) is 3. The number of hydrogen-bond donors (Lipinski definition) is 5. The molecule has 9 nitrogen and oxygen atoms in total. The number of hydrogen-bond acceptors (Lipinski definition) is 7. The zero-order valence-electron chi connectivity index (χ0n) is 21.2. The Kier molecular flexibility index (Phi) is 7.90. The Morgan fingerprint density at radius 3 is 2.44 bits per heavy atom. The van der Waals surface area contributed by atoms with Gasteiger partial charge in [-0.15, -0.1) is 0 Å². The van der Waals surface area contributed by atoms with Gasteiger partial charge in [0.15, 0.2) is 11.5 Å². The molecular weight excluding hydrogens is 603 g/mol. The highest BCUT2D eigenvalue weighted by molar-refractivity contribution is 9.10. The van der Waals surface area contributed by atoms with Gasteiger partial charge < -0.3 is 21.5 Å². The van der Waals surface area contributed by atoms with Crippen molar-refractivity contribution in [3.8, 4) is 11.1 Å². The number of carbonyl (C=O) groups is 1. The zero-order valence-corrected chi connectivity index (χ0v) is 22.8. The van der Waals surface area contributed by atoms with Gasteiger partial charge in [0.1, 0.15) is 5.82 Å². The van der Waals surface area contributed by atoms with Crippen LogP contribution in [0.5, 0.6) is 0 Å². The second kappa shape index (κ2) is 11.6. The minimum absolute atomic E-state index is 0.0304. The van der Waals surface area contributed by atoms with E-state index in [0.29, 0.717) is 28.6 Å². The molecule has 5 aromatic rings. The summed E-state index contributed by atoms with van der Waals surface area (Å²) in [6.07, 6.45) is -2.33. The monoisotopic (exact) mass is 625 g/mol. The van der Waals surface area contributed by atoms with E-state index in [1.54, 1.807) is 30.5 Å². The lowest BCUT2D eigenvalue weighted by atomic mass is 10.0. The van der Waals surface area contributed by atoms with Gasteiger partial charge in [0, 0.05) is 29.0 Å². The minimum Gasteiger partial charge on any atom is -0.394 e. The van der Waals surface area contributed by atoms with Crippen LogP contribution in [0.2, 0.25) is 0 Å². The van der Waals surface area contributed by atoms with Crippen molar-refractivity contribution in [3.63, 3.8) is 0 Å². The first-order chi connectivity index (χ1) is 19.6. The number of nitrogens with zero attached hydrogens (tertiary/aromatic N) is 3. The smallest absolute Gasteiger partial charge is 0.394 e. The van der Waals surface area contributed by atoms with E-state index in [0.717, 1.165) is 27.2 Å². The fourth-order valence-corrected chi connectivity index (χ4v) is 4.44. The number of aliphatic hydroxyl groups excluding tert-OH is 1. The third-order valence-electron chi connectivity index (χ3n) is 6.41. The number of carbonyl (C=O) groups excluding carboxylic acids is 1. The molecule has 3 heterocycles. The van der Waals surface area contributed by atoms with E-state index in [-0.39, 0.29) is 17.9 Å². The van der Waals surface area contributed by atoms with Gasteiger partial charge in [-0.05, 0) is 41.0 Å². The fourth-order valence-electron chi connectivity index (χ4n) is 4.18. The maximum absolute atomic E-state index is 13.5. The van der Waals surface area contributed by atoms with Crippen LogP contribution in [0.25, 0.3) is 22.2 Å². The number of H-pyrrole nitrogens is 1. The first-order valence-corrected chi connectivity index (χ1v) is 13.1. The van der Waals surface area contributed by atoms with Gasteiger partial charge in [0.2, 0.25) is 0 Å². The predicted octanol–water partition coefficient (Wildman–Crippen LogP) is 5.46. The molecule has 5 rings (SSSR count). The van der Waals surface area contributed by atoms with E-state index in [1.807, 2.05) is 30.3 Å². The van der Waals surface area contributed by atoms with Crippen molar-refractivity contribution in [1.82, 2.24) is 25.5 Å².